The molecule has 4 rings (SSSR count). The highest BCUT2D eigenvalue weighted by atomic mass is 35.5. The summed E-state index contributed by atoms with van der Waals surface area (Å²) in [5.41, 5.74) is 1.86. The first kappa shape index (κ1) is 16.2. The molecule has 2 aromatic carbocycles. The summed E-state index contributed by atoms with van der Waals surface area (Å²) in [7, 11) is 0. The Balaban J connectivity index is 1.73. The van der Waals surface area contributed by atoms with Crippen LogP contribution in [-0.4, -0.2) is 17.4 Å². The Bertz CT molecular complexity index is 1060. The zero-order chi connectivity index (χ0) is 17.6. The predicted octanol–water partition coefficient (Wildman–Crippen LogP) is 4.30. The van der Waals surface area contributed by atoms with Crippen LogP contribution in [-0.2, 0) is 13.0 Å². The molecular formula is C19H13Cl2NO3. The van der Waals surface area contributed by atoms with E-state index in [1.165, 1.54) is 17.7 Å². The number of carbonyl (C=O) groups excluding carboxylic acids is 1. The lowest BCUT2D eigenvalue weighted by atomic mass is 9.99. The third-order valence-corrected chi connectivity index (χ3v) is 4.90. The van der Waals surface area contributed by atoms with E-state index in [0.717, 1.165) is 12.0 Å². The van der Waals surface area contributed by atoms with E-state index >= 15 is 0 Å². The summed E-state index contributed by atoms with van der Waals surface area (Å²) in [4.78, 5) is 26.8. The van der Waals surface area contributed by atoms with Gasteiger partial charge in [-0.25, -0.2) is 4.79 Å². The average Bonchev–Trinajstić information content (AvgIpc) is 2.61. The summed E-state index contributed by atoms with van der Waals surface area (Å²) < 4.78 is 5.27. The van der Waals surface area contributed by atoms with Gasteiger partial charge in [-0.15, -0.1) is 0 Å². The van der Waals surface area contributed by atoms with E-state index in [-0.39, 0.29) is 22.1 Å². The van der Waals surface area contributed by atoms with Crippen molar-refractivity contribution in [2.75, 3.05) is 6.54 Å². The van der Waals surface area contributed by atoms with Crippen molar-refractivity contribution >= 4 is 40.1 Å². The van der Waals surface area contributed by atoms with E-state index in [1.807, 2.05) is 18.2 Å². The number of carbonyl (C=O) groups is 1. The molecule has 0 N–H and O–H groups in total. The van der Waals surface area contributed by atoms with Gasteiger partial charge in [-0.1, -0.05) is 47.5 Å². The lowest BCUT2D eigenvalue weighted by Gasteiger charge is -2.28. The van der Waals surface area contributed by atoms with E-state index in [2.05, 4.69) is 6.07 Å². The largest absolute Gasteiger partial charge is 0.421 e. The van der Waals surface area contributed by atoms with Crippen LogP contribution in [0.1, 0.15) is 21.5 Å². The van der Waals surface area contributed by atoms with Crippen LogP contribution >= 0.6 is 23.2 Å². The molecule has 1 aromatic heterocycles. The molecule has 126 valence electrons. The van der Waals surface area contributed by atoms with Crippen molar-refractivity contribution in [1.82, 2.24) is 4.90 Å². The molecule has 0 fully saturated rings. The maximum Gasteiger partial charge on any atom is 0.349 e. The second-order valence-electron chi connectivity index (χ2n) is 6.00. The number of rotatable bonds is 1. The number of amides is 1. The fourth-order valence-electron chi connectivity index (χ4n) is 3.15. The summed E-state index contributed by atoms with van der Waals surface area (Å²) in [6, 6.07) is 12.6. The minimum atomic E-state index is -0.694. The normalized spacial score (nSPS) is 13.8. The van der Waals surface area contributed by atoms with Crippen molar-refractivity contribution in [3.05, 3.63) is 79.6 Å². The van der Waals surface area contributed by atoms with Gasteiger partial charge in [-0.3, -0.25) is 4.79 Å². The second kappa shape index (κ2) is 6.21. The SMILES string of the molecule is O=C(c1cc2cc(Cl)cc(Cl)c2oc1=O)N1CCc2ccccc2C1. The quantitative estimate of drug-likeness (QED) is 0.597. The van der Waals surface area contributed by atoms with E-state index in [0.29, 0.717) is 23.5 Å². The highest BCUT2D eigenvalue weighted by Gasteiger charge is 2.24. The molecular weight excluding hydrogens is 361 g/mol. The first-order chi connectivity index (χ1) is 12.0. The summed E-state index contributed by atoms with van der Waals surface area (Å²) in [6.07, 6.45) is 0.762. The number of nitrogens with zero attached hydrogens (tertiary/aromatic N) is 1. The van der Waals surface area contributed by atoms with Crippen molar-refractivity contribution < 1.29 is 9.21 Å². The van der Waals surface area contributed by atoms with Crippen LogP contribution in [0, 0.1) is 0 Å². The molecule has 0 bridgehead atoms. The van der Waals surface area contributed by atoms with E-state index < -0.39 is 5.63 Å². The first-order valence-corrected chi connectivity index (χ1v) is 8.57. The second-order valence-corrected chi connectivity index (χ2v) is 6.84. The summed E-state index contributed by atoms with van der Waals surface area (Å²) in [5, 5.41) is 1.18. The molecule has 1 amide bonds. The zero-order valence-corrected chi connectivity index (χ0v) is 14.6. The number of halogens is 2. The predicted molar refractivity (Wildman–Crippen MR) is 97.4 cm³/mol. The smallest absolute Gasteiger partial charge is 0.349 e. The third-order valence-electron chi connectivity index (χ3n) is 4.40. The van der Waals surface area contributed by atoms with Crippen molar-refractivity contribution in [3.63, 3.8) is 0 Å². The fourth-order valence-corrected chi connectivity index (χ4v) is 3.69. The molecule has 1 aliphatic rings. The molecule has 0 radical (unpaired) electrons. The highest BCUT2D eigenvalue weighted by Crippen LogP contribution is 2.28. The van der Waals surface area contributed by atoms with Crippen molar-refractivity contribution in [1.29, 1.82) is 0 Å². The van der Waals surface area contributed by atoms with Gasteiger partial charge in [0, 0.05) is 23.5 Å². The van der Waals surface area contributed by atoms with Crippen molar-refractivity contribution in [2.45, 2.75) is 13.0 Å². The van der Waals surface area contributed by atoms with E-state index in [1.54, 1.807) is 11.0 Å². The number of benzene rings is 2. The van der Waals surface area contributed by atoms with Crippen LogP contribution < -0.4 is 5.63 Å². The molecule has 1 aliphatic heterocycles. The van der Waals surface area contributed by atoms with E-state index in [4.69, 9.17) is 27.6 Å². The van der Waals surface area contributed by atoms with Gasteiger partial charge in [0.05, 0.1) is 5.02 Å². The van der Waals surface area contributed by atoms with Gasteiger partial charge in [-0.2, -0.15) is 0 Å². The Kier molecular flexibility index (Phi) is 4.02. The molecule has 0 saturated heterocycles. The summed E-state index contributed by atoms with van der Waals surface area (Å²) >= 11 is 12.1. The topological polar surface area (TPSA) is 50.5 Å². The standard InChI is InChI=1S/C19H13Cl2NO3/c20-14-7-13-8-15(19(24)25-17(13)16(21)9-14)18(23)22-6-5-11-3-1-2-4-12(11)10-22/h1-4,7-9H,5-6,10H2. The van der Waals surface area contributed by atoms with Crippen LogP contribution in [0.15, 0.2) is 51.7 Å². The van der Waals surface area contributed by atoms with Gasteiger partial charge in [0.2, 0.25) is 0 Å². The number of hydrogen-bond acceptors (Lipinski definition) is 3. The molecule has 3 aromatic rings. The minimum absolute atomic E-state index is 0.00906. The van der Waals surface area contributed by atoms with Gasteiger partial charge in [-0.05, 0) is 35.7 Å². The highest BCUT2D eigenvalue weighted by molar-refractivity contribution is 6.38. The molecule has 6 heteroatoms. The Hall–Kier alpha value is -2.30. The maximum atomic E-state index is 12.8. The maximum absolute atomic E-state index is 12.8. The van der Waals surface area contributed by atoms with Crippen LogP contribution in [0.25, 0.3) is 11.0 Å². The van der Waals surface area contributed by atoms with Crippen molar-refractivity contribution in [2.24, 2.45) is 0 Å². The average molecular weight is 374 g/mol. The Morgan fingerprint density at radius 2 is 1.84 bits per heavy atom. The number of hydrogen-bond donors (Lipinski definition) is 0. The van der Waals surface area contributed by atoms with Gasteiger partial charge in [0.15, 0.2) is 5.58 Å². The Morgan fingerprint density at radius 3 is 2.64 bits per heavy atom. The first-order valence-electron chi connectivity index (χ1n) is 7.82. The molecule has 25 heavy (non-hydrogen) atoms. The lowest BCUT2D eigenvalue weighted by Crippen LogP contribution is -2.38. The van der Waals surface area contributed by atoms with Crippen LogP contribution in [0.4, 0.5) is 0 Å². The van der Waals surface area contributed by atoms with Gasteiger partial charge < -0.3 is 9.32 Å². The van der Waals surface area contributed by atoms with E-state index in [9.17, 15) is 9.59 Å². The molecule has 4 nitrogen and oxygen atoms in total. The molecule has 0 spiro atoms. The summed E-state index contributed by atoms with van der Waals surface area (Å²) in [5.74, 6) is -0.346. The minimum Gasteiger partial charge on any atom is -0.421 e. The third kappa shape index (κ3) is 2.92. The fraction of sp³-hybridized carbons (Fsp3) is 0.158. The van der Waals surface area contributed by atoms with Gasteiger partial charge in [0.1, 0.15) is 5.56 Å². The molecule has 0 saturated carbocycles. The molecule has 0 unspecified atom stereocenters. The summed E-state index contributed by atoms with van der Waals surface area (Å²) in [6.45, 7) is 1.03. The number of fused-ring (bicyclic) bond motifs is 2. The van der Waals surface area contributed by atoms with Crippen LogP contribution in [0.5, 0.6) is 0 Å². The zero-order valence-electron chi connectivity index (χ0n) is 13.1. The van der Waals surface area contributed by atoms with Crippen molar-refractivity contribution in [3.8, 4) is 0 Å². The molecule has 2 heterocycles. The Labute approximate surface area is 153 Å². The van der Waals surface area contributed by atoms with Gasteiger partial charge >= 0.3 is 5.63 Å². The monoisotopic (exact) mass is 373 g/mol. The Morgan fingerprint density at radius 1 is 1.08 bits per heavy atom. The van der Waals surface area contributed by atoms with Gasteiger partial charge in [0.25, 0.3) is 5.91 Å². The molecule has 0 atom stereocenters. The van der Waals surface area contributed by atoms with Crippen LogP contribution in [0.3, 0.4) is 0 Å². The molecule has 0 aliphatic carbocycles. The lowest BCUT2D eigenvalue weighted by molar-refractivity contribution is 0.0730. The van der Waals surface area contributed by atoms with Crippen LogP contribution in [0.2, 0.25) is 10.0 Å².